The lowest BCUT2D eigenvalue weighted by molar-refractivity contribution is 0.0477. The minimum atomic E-state index is -0.610. The molecule has 0 spiro atoms. The Morgan fingerprint density at radius 3 is 2.59 bits per heavy atom. The third-order valence-corrected chi connectivity index (χ3v) is 4.61. The van der Waals surface area contributed by atoms with Crippen molar-refractivity contribution in [2.24, 2.45) is 0 Å². The minimum absolute atomic E-state index is 0.194. The highest BCUT2D eigenvalue weighted by atomic mass is 35.5. The number of ether oxygens (including phenoxy) is 1. The Balaban J connectivity index is 1.59. The van der Waals surface area contributed by atoms with Crippen LogP contribution in [-0.2, 0) is 4.74 Å². The molecule has 0 amide bonds. The minimum Gasteiger partial charge on any atom is -0.454 e. The van der Waals surface area contributed by atoms with Gasteiger partial charge in [0.2, 0.25) is 5.78 Å². The van der Waals surface area contributed by atoms with Gasteiger partial charge in [0.25, 0.3) is 0 Å². The molecule has 6 heteroatoms. The van der Waals surface area contributed by atoms with E-state index in [0.717, 1.165) is 16.6 Å². The molecule has 0 unspecified atom stereocenters. The van der Waals surface area contributed by atoms with Crippen LogP contribution in [0.3, 0.4) is 0 Å². The summed E-state index contributed by atoms with van der Waals surface area (Å²) in [4.78, 5) is 32.6. The standard InChI is InChI=1S/C21H15ClN2O3/c1-12-20(14-7-3-5-9-17(14)23-12)18(25)11-27-21(26)15-10-19(22)24-16-8-4-2-6-13(15)16/h2-10,23H,11H2,1H3. The summed E-state index contributed by atoms with van der Waals surface area (Å²) < 4.78 is 5.29. The summed E-state index contributed by atoms with van der Waals surface area (Å²) in [6.45, 7) is 1.47. The number of fused-ring (bicyclic) bond motifs is 2. The molecule has 2 heterocycles. The first-order valence-corrected chi connectivity index (χ1v) is 8.75. The van der Waals surface area contributed by atoms with Crippen LogP contribution in [0.1, 0.15) is 26.4 Å². The molecule has 2 aromatic heterocycles. The SMILES string of the molecule is Cc1[nH]c2ccccc2c1C(=O)COC(=O)c1cc(Cl)nc2ccccc12. The second-order valence-electron chi connectivity index (χ2n) is 6.18. The van der Waals surface area contributed by atoms with Gasteiger partial charge in [0, 0.05) is 27.5 Å². The number of hydrogen-bond donors (Lipinski definition) is 1. The lowest BCUT2D eigenvalue weighted by atomic mass is 10.1. The summed E-state index contributed by atoms with van der Waals surface area (Å²) in [6.07, 6.45) is 0. The van der Waals surface area contributed by atoms with Crippen molar-refractivity contribution >= 4 is 45.2 Å². The fraction of sp³-hybridized carbons (Fsp3) is 0.0952. The Bertz CT molecular complexity index is 1200. The number of pyridine rings is 1. The van der Waals surface area contributed by atoms with Gasteiger partial charge in [-0.15, -0.1) is 0 Å². The number of esters is 1. The molecular formula is C21H15ClN2O3. The first-order chi connectivity index (χ1) is 13.0. The third kappa shape index (κ3) is 3.17. The lowest BCUT2D eigenvalue weighted by Crippen LogP contribution is -2.15. The molecular weight excluding hydrogens is 364 g/mol. The van der Waals surface area contributed by atoms with E-state index in [1.54, 1.807) is 18.2 Å². The maximum Gasteiger partial charge on any atom is 0.339 e. The molecule has 4 rings (SSSR count). The van der Waals surface area contributed by atoms with Gasteiger partial charge in [-0.05, 0) is 25.1 Å². The number of aromatic nitrogens is 2. The number of benzene rings is 2. The van der Waals surface area contributed by atoms with Gasteiger partial charge in [-0.25, -0.2) is 9.78 Å². The molecule has 0 saturated carbocycles. The second kappa shape index (κ2) is 6.85. The van der Waals surface area contributed by atoms with Gasteiger partial charge in [0.05, 0.1) is 11.1 Å². The first-order valence-electron chi connectivity index (χ1n) is 8.37. The molecule has 0 radical (unpaired) electrons. The van der Waals surface area contributed by atoms with Crippen LogP contribution in [0.4, 0.5) is 0 Å². The Hall–Kier alpha value is -3.18. The maximum absolute atomic E-state index is 12.7. The second-order valence-corrected chi connectivity index (χ2v) is 6.57. The Kier molecular flexibility index (Phi) is 4.38. The average Bonchev–Trinajstić information content (AvgIpc) is 3.00. The van der Waals surface area contributed by atoms with E-state index in [0.29, 0.717) is 16.5 Å². The van der Waals surface area contributed by atoms with E-state index >= 15 is 0 Å². The van der Waals surface area contributed by atoms with Crippen LogP contribution in [0, 0.1) is 6.92 Å². The van der Waals surface area contributed by atoms with E-state index in [-0.39, 0.29) is 23.1 Å². The smallest absolute Gasteiger partial charge is 0.339 e. The van der Waals surface area contributed by atoms with Gasteiger partial charge in [0.15, 0.2) is 6.61 Å². The third-order valence-electron chi connectivity index (χ3n) is 4.41. The van der Waals surface area contributed by atoms with Crippen LogP contribution in [0.15, 0.2) is 54.6 Å². The Morgan fingerprint density at radius 1 is 1.07 bits per heavy atom. The number of hydrogen-bond acceptors (Lipinski definition) is 4. The highest BCUT2D eigenvalue weighted by Gasteiger charge is 2.19. The largest absolute Gasteiger partial charge is 0.454 e. The predicted molar refractivity (Wildman–Crippen MR) is 104 cm³/mol. The van der Waals surface area contributed by atoms with E-state index in [1.165, 1.54) is 6.07 Å². The highest BCUT2D eigenvalue weighted by molar-refractivity contribution is 6.30. The fourth-order valence-corrected chi connectivity index (χ4v) is 3.43. The van der Waals surface area contributed by atoms with Gasteiger partial charge in [-0.1, -0.05) is 48.0 Å². The van der Waals surface area contributed by atoms with Crippen LogP contribution < -0.4 is 0 Å². The normalized spacial score (nSPS) is 11.0. The van der Waals surface area contributed by atoms with Gasteiger partial charge < -0.3 is 9.72 Å². The molecule has 0 fully saturated rings. The van der Waals surface area contributed by atoms with Crippen LogP contribution >= 0.6 is 11.6 Å². The van der Waals surface area contributed by atoms with Crippen LogP contribution in [-0.4, -0.2) is 28.3 Å². The number of halogens is 1. The topological polar surface area (TPSA) is 72.1 Å². The Labute approximate surface area is 159 Å². The lowest BCUT2D eigenvalue weighted by Gasteiger charge is -2.08. The summed E-state index contributed by atoms with van der Waals surface area (Å²) in [5.41, 5.74) is 3.03. The van der Waals surface area contributed by atoms with Gasteiger partial charge in [0.1, 0.15) is 5.15 Å². The molecule has 2 aromatic carbocycles. The quantitative estimate of drug-likeness (QED) is 0.317. The molecule has 1 N–H and O–H groups in total. The van der Waals surface area contributed by atoms with Crippen molar-refractivity contribution < 1.29 is 14.3 Å². The predicted octanol–water partition coefficient (Wildman–Crippen LogP) is 4.72. The van der Waals surface area contributed by atoms with E-state index in [9.17, 15) is 9.59 Å². The summed E-state index contributed by atoms with van der Waals surface area (Å²) in [6, 6.07) is 16.1. The van der Waals surface area contributed by atoms with Crippen molar-refractivity contribution in [1.29, 1.82) is 0 Å². The molecule has 134 valence electrons. The number of carbonyl (C=O) groups excluding carboxylic acids is 2. The highest BCUT2D eigenvalue weighted by Crippen LogP contribution is 2.24. The fourth-order valence-electron chi connectivity index (χ4n) is 3.23. The number of H-pyrrole nitrogens is 1. The summed E-state index contributed by atoms with van der Waals surface area (Å²) in [5.74, 6) is -0.871. The number of ketones is 1. The molecule has 0 saturated heterocycles. The van der Waals surface area contributed by atoms with Gasteiger partial charge in [-0.3, -0.25) is 4.79 Å². The van der Waals surface area contributed by atoms with Crippen LogP contribution in [0.2, 0.25) is 5.15 Å². The average molecular weight is 379 g/mol. The summed E-state index contributed by atoms with van der Waals surface area (Å²) in [7, 11) is 0. The van der Waals surface area contributed by atoms with E-state index in [1.807, 2.05) is 37.3 Å². The van der Waals surface area contributed by atoms with Crippen LogP contribution in [0.25, 0.3) is 21.8 Å². The van der Waals surface area contributed by atoms with E-state index in [2.05, 4.69) is 9.97 Å². The van der Waals surface area contributed by atoms with Crippen molar-refractivity contribution in [2.45, 2.75) is 6.92 Å². The number of aromatic amines is 1. The zero-order valence-corrected chi connectivity index (χ0v) is 15.2. The zero-order chi connectivity index (χ0) is 19.0. The van der Waals surface area contributed by atoms with E-state index in [4.69, 9.17) is 16.3 Å². The molecule has 4 aromatic rings. The number of nitrogens with zero attached hydrogens (tertiary/aromatic N) is 1. The number of Topliss-reactive ketones (excluding diaryl/α,β-unsaturated/α-hetero) is 1. The van der Waals surface area contributed by atoms with Crippen molar-refractivity contribution in [2.75, 3.05) is 6.61 Å². The zero-order valence-electron chi connectivity index (χ0n) is 14.5. The summed E-state index contributed by atoms with van der Waals surface area (Å²) in [5, 5.41) is 1.63. The molecule has 0 bridgehead atoms. The molecule has 0 aliphatic rings. The van der Waals surface area contributed by atoms with Crippen molar-refractivity contribution in [1.82, 2.24) is 9.97 Å². The van der Waals surface area contributed by atoms with Crippen LogP contribution in [0.5, 0.6) is 0 Å². The molecule has 0 aliphatic heterocycles. The molecule has 27 heavy (non-hydrogen) atoms. The van der Waals surface area contributed by atoms with Crippen molar-refractivity contribution in [3.63, 3.8) is 0 Å². The molecule has 0 atom stereocenters. The summed E-state index contributed by atoms with van der Waals surface area (Å²) >= 11 is 6.01. The molecule has 5 nitrogen and oxygen atoms in total. The Morgan fingerprint density at radius 2 is 1.78 bits per heavy atom. The first kappa shape index (κ1) is 17.2. The number of rotatable bonds is 4. The molecule has 0 aliphatic carbocycles. The number of aryl methyl sites for hydroxylation is 1. The van der Waals surface area contributed by atoms with E-state index < -0.39 is 5.97 Å². The van der Waals surface area contributed by atoms with Crippen molar-refractivity contribution in [3.8, 4) is 0 Å². The van der Waals surface area contributed by atoms with Gasteiger partial charge in [-0.2, -0.15) is 0 Å². The maximum atomic E-state index is 12.7. The monoisotopic (exact) mass is 378 g/mol. The number of nitrogens with one attached hydrogen (secondary N) is 1. The number of carbonyl (C=O) groups is 2. The number of para-hydroxylation sites is 2. The van der Waals surface area contributed by atoms with Crippen molar-refractivity contribution in [3.05, 3.63) is 76.6 Å². The van der Waals surface area contributed by atoms with Gasteiger partial charge >= 0.3 is 5.97 Å².